The summed E-state index contributed by atoms with van der Waals surface area (Å²) in [5.74, 6) is 0.0722. The highest BCUT2D eigenvalue weighted by Crippen LogP contribution is 2.29. The first-order valence-corrected chi connectivity index (χ1v) is 8.32. The molecular weight excluding hydrogens is 304 g/mol. The monoisotopic (exact) mass is 322 g/mol. The summed E-state index contributed by atoms with van der Waals surface area (Å²) in [4.78, 5) is 16.0. The number of carbonyl (C=O) groups is 1. The lowest BCUT2D eigenvalue weighted by Crippen LogP contribution is -1.94. The Balaban J connectivity index is 1.80. The minimum Gasteiger partial charge on any atom is -0.332 e. The number of Topliss-reactive ketones (excluding diaryl/α,β-unsaturated/α-hetero) is 1. The summed E-state index contributed by atoms with van der Waals surface area (Å²) in [5, 5.41) is 6.19. The largest absolute Gasteiger partial charge is 0.332 e. The number of aromatic nitrogens is 1. The van der Waals surface area contributed by atoms with Gasteiger partial charge >= 0.3 is 0 Å². The number of ketones is 1. The number of nitrogens with one attached hydrogen (secondary N) is 1. The molecule has 116 valence electrons. The Kier molecular flexibility index (Phi) is 4.26. The summed E-state index contributed by atoms with van der Waals surface area (Å²) >= 11 is 1.57. The molecule has 4 heteroatoms. The third-order valence-corrected chi connectivity index (χ3v) is 4.46. The minimum atomic E-state index is 0.0722. The molecular formula is C19H18N2OS. The molecule has 0 saturated heterocycles. The molecule has 2 aromatic carbocycles. The van der Waals surface area contributed by atoms with Gasteiger partial charge in [0.25, 0.3) is 0 Å². The van der Waals surface area contributed by atoms with Crippen LogP contribution >= 0.6 is 11.3 Å². The van der Waals surface area contributed by atoms with E-state index >= 15 is 0 Å². The van der Waals surface area contributed by atoms with Gasteiger partial charge in [0.1, 0.15) is 0 Å². The quantitative estimate of drug-likeness (QED) is 0.656. The predicted molar refractivity (Wildman–Crippen MR) is 96.8 cm³/mol. The SMILES string of the molecule is CC(=O)c1ccc(Nc2nc(-c3ccc(C)cc3C)cs2)cc1. The number of hydrogen-bond acceptors (Lipinski definition) is 4. The molecule has 3 nitrogen and oxygen atoms in total. The average Bonchev–Trinajstić information content (AvgIpc) is 2.96. The molecule has 23 heavy (non-hydrogen) atoms. The van der Waals surface area contributed by atoms with Crippen molar-refractivity contribution >= 4 is 27.9 Å². The second-order valence-electron chi connectivity index (χ2n) is 5.61. The first-order chi connectivity index (χ1) is 11.0. The smallest absolute Gasteiger partial charge is 0.187 e. The third-order valence-electron chi connectivity index (χ3n) is 3.70. The van der Waals surface area contributed by atoms with Crippen LogP contribution in [-0.2, 0) is 0 Å². The number of hydrogen-bond donors (Lipinski definition) is 1. The first kappa shape index (κ1) is 15.4. The molecule has 1 aromatic heterocycles. The van der Waals surface area contributed by atoms with Crippen molar-refractivity contribution < 1.29 is 4.79 Å². The Hall–Kier alpha value is -2.46. The summed E-state index contributed by atoms with van der Waals surface area (Å²) in [6.07, 6.45) is 0. The van der Waals surface area contributed by atoms with Gasteiger partial charge in [0.2, 0.25) is 0 Å². The van der Waals surface area contributed by atoms with Crippen molar-refractivity contribution in [1.82, 2.24) is 4.98 Å². The van der Waals surface area contributed by atoms with Gasteiger partial charge in [-0.25, -0.2) is 4.98 Å². The molecule has 0 bridgehead atoms. The van der Waals surface area contributed by atoms with Crippen molar-refractivity contribution in [3.8, 4) is 11.3 Å². The minimum absolute atomic E-state index is 0.0722. The maximum Gasteiger partial charge on any atom is 0.187 e. The van der Waals surface area contributed by atoms with Gasteiger partial charge in [0, 0.05) is 22.2 Å². The lowest BCUT2D eigenvalue weighted by atomic mass is 10.0. The van der Waals surface area contributed by atoms with Gasteiger partial charge in [-0.05, 0) is 50.6 Å². The van der Waals surface area contributed by atoms with Crippen molar-refractivity contribution in [3.05, 3.63) is 64.5 Å². The van der Waals surface area contributed by atoms with Crippen LogP contribution in [0.3, 0.4) is 0 Å². The fourth-order valence-electron chi connectivity index (χ4n) is 2.47. The molecule has 0 fully saturated rings. The predicted octanol–water partition coefficient (Wildman–Crippen LogP) is 5.37. The van der Waals surface area contributed by atoms with Crippen molar-refractivity contribution in [1.29, 1.82) is 0 Å². The van der Waals surface area contributed by atoms with E-state index in [0.717, 1.165) is 22.1 Å². The van der Waals surface area contributed by atoms with E-state index in [9.17, 15) is 4.79 Å². The first-order valence-electron chi connectivity index (χ1n) is 7.44. The zero-order valence-electron chi connectivity index (χ0n) is 13.4. The topological polar surface area (TPSA) is 42.0 Å². The molecule has 3 rings (SSSR count). The number of anilines is 2. The van der Waals surface area contributed by atoms with E-state index in [1.54, 1.807) is 18.3 Å². The Morgan fingerprint density at radius 1 is 1.09 bits per heavy atom. The number of rotatable bonds is 4. The van der Waals surface area contributed by atoms with Crippen molar-refractivity contribution in [2.75, 3.05) is 5.32 Å². The highest BCUT2D eigenvalue weighted by molar-refractivity contribution is 7.14. The zero-order valence-corrected chi connectivity index (χ0v) is 14.2. The van der Waals surface area contributed by atoms with E-state index < -0.39 is 0 Å². The number of aryl methyl sites for hydroxylation is 2. The van der Waals surface area contributed by atoms with Crippen LogP contribution in [0.5, 0.6) is 0 Å². The Labute approximate surface area is 140 Å². The van der Waals surface area contributed by atoms with Gasteiger partial charge in [0.15, 0.2) is 10.9 Å². The lowest BCUT2D eigenvalue weighted by molar-refractivity contribution is 0.101. The van der Waals surface area contributed by atoms with Crippen molar-refractivity contribution in [2.45, 2.75) is 20.8 Å². The fourth-order valence-corrected chi connectivity index (χ4v) is 3.20. The maximum absolute atomic E-state index is 11.3. The van der Waals surface area contributed by atoms with Crippen molar-refractivity contribution in [2.24, 2.45) is 0 Å². The number of carbonyl (C=O) groups excluding carboxylic acids is 1. The zero-order chi connectivity index (χ0) is 16.4. The highest BCUT2D eigenvalue weighted by Gasteiger charge is 2.08. The number of nitrogens with zero attached hydrogens (tertiary/aromatic N) is 1. The van der Waals surface area contributed by atoms with Crippen LogP contribution in [0.2, 0.25) is 0 Å². The maximum atomic E-state index is 11.3. The Bertz CT molecular complexity index is 850. The average molecular weight is 322 g/mol. The van der Waals surface area contributed by atoms with E-state index in [-0.39, 0.29) is 5.78 Å². The summed E-state index contributed by atoms with van der Waals surface area (Å²) in [6, 6.07) is 13.8. The van der Waals surface area contributed by atoms with Crippen LogP contribution in [0, 0.1) is 13.8 Å². The number of benzene rings is 2. The molecule has 0 spiro atoms. The summed E-state index contributed by atoms with van der Waals surface area (Å²) in [7, 11) is 0. The molecule has 1 N–H and O–H groups in total. The molecule has 0 amide bonds. The Morgan fingerprint density at radius 3 is 2.48 bits per heavy atom. The molecule has 0 radical (unpaired) electrons. The number of thiazole rings is 1. The van der Waals surface area contributed by atoms with Crippen LogP contribution in [0.25, 0.3) is 11.3 Å². The van der Waals surface area contributed by atoms with Gasteiger partial charge in [-0.2, -0.15) is 0 Å². The van der Waals surface area contributed by atoms with Crippen LogP contribution in [0.4, 0.5) is 10.8 Å². The van der Waals surface area contributed by atoms with Crippen molar-refractivity contribution in [3.63, 3.8) is 0 Å². The van der Waals surface area contributed by atoms with Gasteiger partial charge < -0.3 is 5.32 Å². The second kappa shape index (κ2) is 6.34. The molecule has 0 aliphatic heterocycles. The third kappa shape index (κ3) is 3.48. The molecule has 0 atom stereocenters. The molecule has 0 unspecified atom stereocenters. The standard InChI is InChI=1S/C19H18N2OS/c1-12-4-9-17(13(2)10-12)18-11-23-19(21-18)20-16-7-5-15(6-8-16)14(3)22/h4-11H,1-3H3,(H,20,21). The molecule has 1 heterocycles. The molecule has 0 aliphatic carbocycles. The fraction of sp³-hybridized carbons (Fsp3) is 0.158. The highest BCUT2D eigenvalue weighted by atomic mass is 32.1. The van der Waals surface area contributed by atoms with E-state index in [2.05, 4.69) is 47.7 Å². The van der Waals surface area contributed by atoms with Gasteiger partial charge in [0.05, 0.1) is 5.69 Å². The van der Waals surface area contributed by atoms with Gasteiger partial charge in [-0.1, -0.05) is 23.8 Å². The Morgan fingerprint density at radius 2 is 1.83 bits per heavy atom. The molecule has 3 aromatic rings. The van der Waals surface area contributed by atoms with E-state index in [0.29, 0.717) is 5.56 Å². The van der Waals surface area contributed by atoms with Crippen LogP contribution in [0.15, 0.2) is 47.8 Å². The summed E-state index contributed by atoms with van der Waals surface area (Å²) in [5.41, 5.74) is 6.27. The lowest BCUT2D eigenvalue weighted by Gasteiger charge is -2.04. The molecule has 0 aliphatic rings. The van der Waals surface area contributed by atoms with Crippen LogP contribution in [-0.4, -0.2) is 10.8 Å². The second-order valence-corrected chi connectivity index (χ2v) is 6.47. The molecule has 0 saturated carbocycles. The van der Waals surface area contributed by atoms with E-state index in [1.807, 2.05) is 24.3 Å². The van der Waals surface area contributed by atoms with Crippen LogP contribution in [0.1, 0.15) is 28.4 Å². The summed E-state index contributed by atoms with van der Waals surface area (Å²) < 4.78 is 0. The van der Waals surface area contributed by atoms with Crippen LogP contribution < -0.4 is 5.32 Å². The van der Waals surface area contributed by atoms with Gasteiger partial charge in [-0.3, -0.25) is 4.79 Å². The summed E-state index contributed by atoms with van der Waals surface area (Å²) in [6.45, 7) is 5.77. The van der Waals surface area contributed by atoms with E-state index in [1.165, 1.54) is 11.1 Å². The van der Waals surface area contributed by atoms with E-state index in [4.69, 9.17) is 0 Å². The van der Waals surface area contributed by atoms with Gasteiger partial charge in [-0.15, -0.1) is 11.3 Å². The normalized spacial score (nSPS) is 10.6.